The maximum atomic E-state index is 13.2. The van der Waals surface area contributed by atoms with E-state index in [-0.39, 0.29) is 36.1 Å². The van der Waals surface area contributed by atoms with Crippen LogP contribution in [0.5, 0.6) is 28.7 Å². The van der Waals surface area contributed by atoms with Crippen molar-refractivity contribution in [3.63, 3.8) is 0 Å². The lowest BCUT2D eigenvalue weighted by Gasteiger charge is -2.40. The van der Waals surface area contributed by atoms with Gasteiger partial charge in [-0.15, -0.1) is 0 Å². The molecule has 2 aromatic rings. The van der Waals surface area contributed by atoms with E-state index in [4.69, 9.17) is 33.2 Å². The van der Waals surface area contributed by atoms with Crippen molar-refractivity contribution in [2.75, 3.05) is 41.3 Å². The molecule has 0 saturated carbocycles. The Bertz CT molecular complexity index is 1110. The summed E-state index contributed by atoms with van der Waals surface area (Å²) in [7, 11) is 4.73. The largest absolute Gasteiger partial charge is 0.493 e. The minimum absolute atomic E-state index is 0.0387. The normalized spacial score (nSPS) is 24.5. The molecule has 0 spiro atoms. The molecule has 1 fully saturated rings. The molecule has 1 saturated heterocycles. The average Bonchev–Trinajstić information content (AvgIpc) is 3.45. The maximum absolute atomic E-state index is 13.2. The third kappa shape index (κ3) is 4.03. The van der Waals surface area contributed by atoms with Gasteiger partial charge in [0.25, 0.3) is 0 Å². The van der Waals surface area contributed by atoms with Crippen molar-refractivity contribution in [2.24, 2.45) is 17.3 Å². The monoisotopic (exact) mass is 484 g/mol. The van der Waals surface area contributed by atoms with E-state index in [1.165, 1.54) is 0 Å². The molecule has 5 rings (SSSR count). The van der Waals surface area contributed by atoms with Crippen molar-refractivity contribution in [3.8, 4) is 28.7 Å². The van der Waals surface area contributed by atoms with Gasteiger partial charge in [-0.05, 0) is 46.4 Å². The van der Waals surface area contributed by atoms with E-state index in [1.807, 2.05) is 24.3 Å². The zero-order valence-corrected chi connectivity index (χ0v) is 21.0. The number of rotatable bonds is 6. The Hall–Kier alpha value is -3.13. The second-order valence-corrected chi connectivity index (χ2v) is 10.4. The van der Waals surface area contributed by atoms with Crippen LogP contribution in [0.1, 0.15) is 49.5 Å². The van der Waals surface area contributed by atoms with Crippen molar-refractivity contribution in [2.45, 2.75) is 32.8 Å². The van der Waals surface area contributed by atoms with Crippen LogP contribution >= 0.6 is 0 Å². The Labute approximate surface area is 205 Å². The molecular formula is C27H32O8. The molecule has 8 heteroatoms. The molecule has 2 aliphatic heterocycles. The van der Waals surface area contributed by atoms with Gasteiger partial charge in [0.15, 0.2) is 23.0 Å². The van der Waals surface area contributed by atoms with Crippen LogP contribution in [0.2, 0.25) is 0 Å². The number of hydrogen-bond donors (Lipinski definition) is 0. The van der Waals surface area contributed by atoms with Gasteiger partial charge in [-0.1, -0.05) is 20.8 Å². The third-order valence-electron chi connectivity index (χ3n) is 6.86. The van der Waals surface area contributed by atoms with Gasteiger partial charge in [0.2, 0.25) is 12.5 Å². The predicted octanol–water partition coefficient (Wildman–Crippen LogP) is 4.48. The molecule has 2 aromatic carbocycles. The van der Waals surface area contributed by atoms with Gasteiger partial charge in [0, 0.05) is 11.8 Å². The highest BCUT2D eigenvalue weighted by molar-refractivity contribution is 5.79. The van der Waals surface area contributed by atoms with Crippen molar-refractivity contribution in [3.05, 3.63) is 41.0 Å². The smallest absolute Gasteiger partial charge is 0.310 e. The number of esters is 1. The number of methoxy groups -OCH3 is 3. The zero-order valence-electron chi connectivity index (χ0n) is 21.0. The van der Waals surface area contributed by atoms with Crippen molar-refractivity contribution < 1.29 is 38.0 Å². The fourth-order valence-corrected chi connectivity index (χ4v) is 5.35. The van der Waals surface area contributed by atoms with Gasteiger partial charge in [-0.25, -0.2) is 0 Å². The standard InChI is InChI=1S/C27H32O8/c1-27(2,3)12-33-24-16-10-19-18(34-13-35-19)9-15(16)22(23-17(24)11-32-26(23)28)14-7-20(29-4)25(31-6)21(8-14)30-5/h7-10,17,22-24H,11-13H2,1-6H3/t17-,22+,23-,24-/m0/s1. The summed E-state index contributed by atoms with van der Waals surface area (Å²) < 4.78 is 40.3. The fourth-order valence-electron chi connectivity index (χ4n) is 5.35. The second-order valence-electron chi connectivity index (χ2n) is 10.4. The van der Waals surface area contributed by atoms with Crippen LogP contribution in [-0.4, -0.2) is 47.3 Å². The van der Waals surface area contributed by atoms with Gasteiger partial charge >= 0.3 is 5.97 Å². The molecule has 0 unspecified atom stereocenters. The van der Waals surface area contributed by atoms with Crippen LogP contribution in [0.4, 0.5) is 0 Å². The lowest BCUT2D eigenvalue weighted by Crippen LogP contribution is -2.36. The molecule has 1 aliphatic carbocycles. The molecule has 0 amide bonds. The highest BCUT2D eigenvalue weighted by Crippen LogP contribution is 2.56. The highest BCUT2D eigenvalue weighted by Gasteiger charge is 2.53. The lowest BCUT2D eigenvalue weighted by atomic mass is 9.66. The van der Waals surface area contributed by atoms with Gasteiger partial charge in [0.05, 0.1) is 46.6 Å². The van der Waals surface area contributed by atoms with Gasteiger partial charge < -0.3 is 33.2 Å². The number of ether oxygens (including phenoxy) is 7. The summed E-state index contributed by atoms with van der Waals surface area (Å²) in [6.07, 6.45) is -0.312. The summed E-state index contributed by atoms with van der Waals surface area (Å²) in [6.45, 7) is 7.38. The number of cyclic esters (lactones) is 1. The molecule has 4 atom stereocenters. The van der Waals surface area contributed by atoms with Crippen LogP contribution in [0.25, 0.3) is 0 Å². The first-order valence-corrected chi connectivity index (χ1v) is 11.8. The van der Waals surface area contributed by atoms with E-state index in [0.717, 1.165) is 16.7 Å². The number of hydrogen-bond acceptors (Lipinski definition) is 8. The second kappa shape index (κ2) is 8.82. The summed E-state index contributed by atoms with van der Waals surface area (Å²) in [4.78, 5) is 13.2. The Kier molecular flexibility index (Phi) is 5.95. The van der Waals surface area contributed by atoms with Crippen molar-refractivity contribution in [1.29, 1.82) is 0 Å². The molecule has 8 nitrogen and oxygen atoms in total. The molecule has 0 N–H and O–H groups in total. The van der Waals surface area contributed by atoms with Crippen LogP contribution in [0.15, 0.2) is 24.3 Å². The van der Waals surface area contributed by atoms with E-state index in [9.17, 15) is 4.79 Å². The first kappa shape index (κ1) is 23.6. The zero-order chi connectivity index (χ0) is 24.9. The summed E-state index contributed by atoms with van der Waals surface area (Å²) in [5, 5.41) is 0. The lowest BCUT2D eigenvalue weighted by molar-refractivity contribution is -0.141. The van der Waals surface area contributed by atoms with Gasteiger partial charge in [-0.3, -0.25) is 4.79 Å². The van der Waals surface area contributed by atoms with Crippen LogP contribution < -0.4 is 23.7 Å². The number of carbonyl (C=O) groups is 1. The van der Waals surface area contributed by atoms with E-state index >= 15 is 0 Å². The topological polar surface area (TPSA) is 81.7 Å². The summed E-state index contributed by atoms with van der Waals surface area (Å²) in [5.74, 6) is 1.75. The molecular weight excluding hydrogens is 452 g/mol. The van der Waals surface area contributed by atoms with E-state index in [0.29, 0.717) is 42.0 Å². The Morgan fingerprint density at radius 2 is 1.51 bits per heavy atom. The Morgan fingerprint density at radius 3 is 2.09 bits per heavy atom. The van der Waals surface area contributed by atoms with E-state index in [1.54, 1.807) is 21.3 Å². The summed E-state index contributed by atoms with van der Waals surface area (Å²) in [6, 6.07) is 7.77. The van der Waals surface area contributed by atoms with Crippen LogP contribution in [-0.2, 0) is 14.3 Å². The Morgan fingerprint density at radius 1 is 0.886 bits per heavy atom. The van der Waals surface area contributed by atoms with Gasteiger partial charge in [0.1, 0.15) is 0 Å². The molecule has 188 valence electrons. The van der Waals surface area contributed by atoms with Crippen LogP contribution in [0.3, 0.4) is 0 Å². The first-order chi connectivity index (χ1) is 16.8. The van der Waals surface area contributed by atoms with Crippen molar-refractivity contribution in [1.82, 2.24) is 0 Å². The quantitative estimate of drug-likeness (QED) is 0.555. The number of benzene rings is 2. The van der Waals surface area contributed by atoms with Crippen molar-refractivity contribution >= 4 is 5.97 Å². The van der Waals surface area contributed by atoms with E-state index < -0.39 is 5.92 Å². The third-order valence-corrected chi connectivity index (χ3v) is 6.86. The van der Waals surface area contributed by atoms with Gasteiger partial charge in [-0.2, -0.15) is 0 Å². The molecule has 0 radical (unpaired) electrons. The minimum Gasteiger partial charge on any atom is -0.493 e. The average molecular weight is 485 g/mol. The maximum Gasteiger partial charge on any atom is 0.310 e. The number of fused-ring (bicyclic) bond motifs is 3. The molecule has 35 heavy (non-hydrogen) atoms. The highest BCUT2D eigenvalue weighted by atomic mass is 16.7. The summed E-state index contributed by atoms with van der Waals surface area (Å²) >= 11 is 0. The molecule has 0 aromatic heterocycles. The Balaban J connectivity index is 1.70. The minimum atomic E-state index is -0.435. The number of carbonyl (C=O) groups excluding carboxylic acids is 1. The SMILES string of the molecule is COc1cc([C@@H]2c3cc4c(cc3[C@H](OCC(C)(C)C)[C@H]3COC(=O)[C@H]23)OCO4)cc(OC)c1OC. The molecule has 3 aliphatic rings. The fraction of sp³-hybridized carbons (Fsp3) is 0.519. The molecule has 2 heterocycles. The predicted molar refractivity (Wildman–Crippen MR) is 127 cm³/mol. The first-order valence-electron chi connectivity index (χ1n) is 11.8. The summed E-state index contributed by atoms with van der Waals surface area (Å²) in [5.41, 5.74) is 2.75. The molecule has 0 bridgehead atoms. The van der Waals surface area contributed by atoms with Crippen LogP contribution in [0, 0.1) is 17.3 Å². The van der Waals surface area contributed by atoms with E-state index in [2.05, 4.69) is 20.8 Å².